The molecule has 58 heavy (non-hydrogen) atoms. The summed E-state index contributed by atoms with van der Waals surface area (Å²) in [7, 11) is 0. The summed E-state index contributed by atoms with van der Waals surface area (Å²) in [5.41, 5.74) is 12.5. The Balaban J connectivity index is 1.12. The van der Waals surface area contributed by atoms with Gasteiger partial charge in [0.2, 0.25) is 0 Å². The number of furan rings is 2. The molecule has 0 saturated carbocycles. The Labute approximate surface area is 333 Å². The highest BCUT2D eigenvalue weighted by Gasteiger charge is 2.22. The van der Waals surface area contributed by atoms with Gasteiger partial charge in [0, 0.05) is 60.6 Å². The molecule has 6 heteroatoms. The summed E-state index contributed by atoms with van der Waals surface area (Å²) in [6, 6.07) is 54.0. The van der Waals surface area contributed by atoms with Crippen LogP contribution in [0.4, 0.5) is 0 Å². The van der Waals surface area contributed by atoms with E-state index in [0.717, 1.165) is 88.4 Å². The maximum Gasteiger partial charge on any atom is 0.164 e. The van der Waals surface area contributed by atoms with Gasteiger partial charge in [0.15, 0.2) is 17.5 Å². The van der Waals surface area contributed by atoms with E-state index in [2.05, 4.69) is 109 Å². The molecule has 0 unspecified atom stereocenters. The molecule has 0 atom stereocenters. The van der Waals surface area contributed by atoms with Crippen LogP contribution in [0.25, 0.3) is 112 Å². The standard InChI is InChI=1S/C52H34N4O2/c1-3-4-18-38-32(2)56(37-26-23-34(24-27-37)33-14-7-5-8-15-33)44-30-43-48(31-42(38)44)58-46-22-13-20-41(49(43)46)52-54-50(35-16-9-6-10-17-35)53-51(55-52)36-25-28-40-39-19-11-12-21-45(39)57-47(40)29-36/h3-31H,1H2,2H3/b18-4-. The summed E-state index contributed by atoms with van der Waals surface area (Å²) in [5.74, 6) is 1.69. The molecule has 0 saturated heterocycles. The first kappa shape index (κ1) is 33.5. The molecule has 11 aromatic rings. The SMILES string of the molecule is C=C/C=C\c1c(C)n(-c2ccc(-c3ccccc3)cc2)c2cc3c(cc12)oc1cccc(-c2nc(-c4ccccc4)nc(-c4ccc5c(c4)oc4ccccc45)n2)c13. The van der Waals surface area contributed by atoms with Gasteiger partial charge in [-0.1, -0.05) is 134 Å². The van der Waals surface area contributed by atoms with Crippen molar-refractivity contribution in [3.8, 4) is 51.0 Å². The quantitative estimate of drug-likeness (QED) is 0.152. The fourth-order valence-corrected chi connectivity index (χ4v) is 8.29. The summed E-state index contributed by atoms with van der Waals surface area (Å²) in [4.78, 5) is 15.3. The first-order chi connectivity index (χ1) is 28.6. The zero-order valence-electron chi connectivity index (χ0n) is 31.6. The Kier molecular flexibility index (Phi) is 7.76. The van der Waals surface area contributed by atoms with Gasteiger partial charge < -0.3 is 13.4 Å². The largest absolute Gasteiger partial charge is 0.456 e. The van der Waals surface area contributed by atoms with E-state index in [1.807, 2.05) is 84.9 Å². The first-order valence-electron chi connectivity index (χ1n) is 19.3. The van der Waals surface area contributed by atoms with Crippen molar-refractivity contribution in [1.29, 1.82) is 0 Å². The lowest BCUT2D eigenvalue weighted by Crippen LogP contribution is -2.00. The van der Waals surface area contributed by atoms with Crippen LogP contribution in [-0.2, 0) is 0 Å². The zero-order chi connectivity index (χ0) is 38.7. The Morgan fingerprint density at radius 2 is 1.12 bits per heavy atom. The number of fused-ring (bicyclic) bond motifs is 7. The molecule has 4 heterocycles. The van der Waals surface area contributed by atoms with E-state index in [1.54, 1.807) is 0 Å². The molecule has 0 spiro atoms. The van der Waals surface area contributed by atoms with Gasteiger partial charge in [0.05, 0.1) is 5.52 Å². The Hall–Kier alpha value is -7.83. The van der Waals surface area contributed by atoms with Gasteiger partial charge in [-0.2, -0.15) is 0 Å². The van der Waals surface area contributed by atoms with Crippen LogP contribution in [0, 0.1) is 6.92 Å². The van der Waals surface area contributed by atoms with Crippen molar-refractivity contribution < 1.29 is 8.83 Å². The van der Waals surface area contributed by atoms with E-state index < -0.39 is 0 Å². The molecule has 0 bridgehead atoms. The number of allylic oxidation sites excluding steroid dienone is 2. The van der Waals surface area contributed by atoms with E-state index in [4.69, 9.17) is 23.8 Å². The minimum absolute atomic E-state index is 0.555. The van der Waals surface area contributed by atoms with Gasteiger partial charge in [0.25, 0.3) is 0 Å². The highest BCUT2D eigenvalue weighted by Crippen LogP contribution is 2.41. The molecular weight excluding hydrogens is 713 g/mol. The van der Waals surface area contributed by atoms with Gasteiger partial charge in [-0.05, 0) is 66.6 Å². The average molecular weight is 747 g/mol. The van der Waals surface area contributed by atoms with Crippen LogP contribution in [0.3, 0.4) is 0 Å². The van der Waals surface area contributed by atoms with Crippen LogP contribution >= 0.6 is 0 Å². The second-order valence-electron chi connectivity index (χ2n) is 14.5. The minimum Gasteiger partial charge on any atom is -0.456 e. The molecule has 4 aromatic heterocycles. The van der Waals surface area contributed by atoms with Crippen molar-refractivity contribution in [3.05, 3.63) is 188 Å². The Bertz CT molecular complexity index is 3410. The van der Waals surface area contributed by atoms with Gasteiger partial charge >= 0.3 is 0 Å². The number of hydrogen-bond acceptors (Lipinski definition) is 5. The van der Waals surface area contributed by atoms with Crippen LogP contribution in [0.1, 0.15) is 11.3 Å². The summed E-state index contributed by atoms with van der Waals surface area (Å²) >= 11 is 0. The fourth-order valence-electron chi connectivity index (χ4n) is 8.29. The van der Waals surface area contributed by atoms with Gasteiger partial charge in [-0.25, -0.2) is 15.0 Å². The fraction of sp³-hybridized carbons (Fsp3) is 0.0192. The first-order valence-corrected chi connectivity index (χ1v) is 19.3. The molecule has 0 amide bonds. The third-order valence-electron chi connectivity index (χ3n) is 11.0. The third kappa shape index (κ3) is 5.46. The Morgan fingerprint density at radius 1 is 0.500 bits per heavy atom. The Morgan fingerprint density at radius 3 is 1.91 bits per heavy atom. The van der Waals surface area contributed by atoms with Crippen molar-refractivity contribution in [2.45, 2.75) is 6.92 Å². The van der Waals surface area contributed by atoms with E-state index in [9.17, 15) is 0 Å². The van der Waals surface area contributed by atoms with E-state index in [0.29, 0.717) is 17.5 Å². The number of hydrogen-bond donors (Lipinski definition) is 0. The minimum atomic E-state index is 0.555. The molecule has 0 aliphatic rings. The lowest BCUT2D eigenvalue weighted by molar-refractivity contribution is 0.669. The molecule has 274 valence electrons. The monoisotopic (exact) mass is 746 g/mol. The van der Waals surface area contributed by atoms with E-state index >= 15 is 0 Å². The molecule has 0 fully saturated rings. The molecule has 0 radical (unpaired) electrons. The highest BCUT2D eigenvalue weighted by molar-refractivity contribution is 6.16. The summed E-state index contributed by atoms with van der Waals surface area (Å²) in [6.07, 6.45) is 5.92. The normalized spacial score (nSPS) is 11.9. The van der Waals surface area contributed by atoms with E-state index in [1.165, 1.54) is 11.1 Å². The smallest absolute Gasteiger partial charge is 0.164 e. The third-order valence-corrected chi connectivity index (χ3v) is 11.0. The number of benzene rings is 7. The topological polar surface area (TPSA) is 69.9 Å². The number of nitrogens with zero attached hydrogens (tertiary/aromatic N) is 4. The molecule has 0 aliphatic carbocycles. The van der Waals surface area contributed by atoms with E-state index in [-0.39, 0.29) is 0 Å². The number of rotatable bonds is 7. The zero-order valence-corrected chi connectivity index (χ0v) is 31.6. The summed E-state index contributed by atoms with van der Waals surface area (Å²) in [5, 5.41) is 5.13. The average Bonchev–Trinajstić information content (AvgIpc) is 3.93. The van der Waals surface area contributed by atoms with Crippen LogP contribution in [0.5, 0.6) is 0 Å². The number of aromatic nitrogens is 4. The lowest BCUT2D eigenvalue weighted by Gasteiger charge is -2.11. The molecular formula is C52H34N4O2. The molecule has 7 aromatic carbocycles. The summed E-state index contributed by atoms with van der Waals surface area (Å²) < 4.78 is 15.3. The highest BCUT2D eigenvalue weighted by atomic mass is 16.3. The molecule has 6 nitrogen and oxygen atoms in total. The maximum absolute atomic E-state index is 6.67. The van der Waals surface area contributed by atoms with Crippen LogP contribution in [-0.4, -0.2) is 19.5 Å². The van der Waals surface area contributed by atoms with Crippen molar-refractivity contribution in [3.63, 3.8) is 0 Å². The van der Waals surface area contributed by atoms with Crippen LogP contribution < -0.4 is 0 Å². The second kappa shape index (κ2) is 13.4. The molecule has 11 rings (SSSR count). The predicted octanol–water partition coefficient (Wildman–Crippen LogP) is 13.8. The predicted molar refractivity (Wildman–Crippen MR) is 237 cm³/mol. The van der Waals surface area contributed by atoms with Crippen molar-refractivity contribution >= 4 is 60.9 Å². The van der Waals surface area contributed by atoms with Gasteiger partial charge in [-0.15, -0.1) is 0 Å². The molecule has 0 N–H and O–H groups in total. The van der Waals surface area contributed by atoms with Crippen LogP contribution in [0.2, 0.25) is 0 Å². The van der Waals surface area contributed by atoms with Gasteiger partial charge in [-0.3, -0.25) is 0 Å². The summed E-state index contributed by atoms with van der Waals surface area (Å²) in [6.45, 7) is 6.11. The molecule has 0 aliphatic heterocycles. The second-order valence-corrected chi connectivity index (χ2v) is 14.5. The van der Waals surface area contributed by atoms with Gasteiger partial charge in [0.1, 0.15) is 22.3 Å². The van der Waals surface area contributed by atoms with Crippen molar-refractivity contribution in [2.24, 2.45) is 0 Å². The maximum atomic E-state index is 6.67. The van der Waals surface area contributed by atoms with Crippen molar-refractivity contribution in [1.82, 2.24) is 19.5 Å². The van der Waals surface area contributed by atoms with Crippen LogP contribution in [0.15, 0.2) is 185 Å². The lowest BCUT2D eigenvalue weighted by atomic mass is 10.0. The van der Waals surface area contributed by atoms with Crippen molar-refractivity contribution in [2.75, 3.05) is 0 Å². The number of para-hydroxylation sites is 1.